The van der Waals surface area contributed by atoms with Crippen LogP contribution in [0.3, 0.4) is 0 Å². The number of hydrogen-bond acceptors (Lipinski definition) is 5. The molecule has 0 aliphatic carbocycles. The summed E-state index contributed by atoms with van der Waals surface area (Å²) in [7, 11) is 1.21. The molecule has 0 atom stereocenters. The minimum absolute atomic E-state index is 0.138. The number of hydrogen-bond donors (Lipinski definition) is 2. The van der Waals surface area contributed by atoms with Crippen molar-refractivity contribution < 1.29 is 14.3 Å². The van der Waals surface area contributed by atoms with Gasteiger partial charge < -0.3 is 10.5 Å². The Morgan fingerprint density at radius 1 is 1.47 bits per heavy atom. The molecule has 0 saturated carbocycles. The lowest BCUT2D eigenvalue weighted by molar-refractivity contribution is -0.117. The number of carbonyl (C=O) groups is 2. The van der Waals surface area contributed by atoms with E-state index in [1.165, 1.54) is 18.9 Å². The van der Waals surface area contributed by atoms with E-state index in [0.29, 0.717) is 5.69 Å². The molecular weight excluding hydrogens is 240 g/mol. The average molecular weight is 254 g/mol. The van der Waals surface area contributed by atoms with Crippen LogP contribution in [0.1, 0.15) is 5.56 Å². The second kappa shape index (κ2) is 6.15. The molecule has 1 aromatic carbocycles. The molecule has 0 unspecified atom stereocenters. The second-order valence-corrected chi connectivity index (χ2v) is 4.32. The van der Waals surface area contributed by atoms with Crippen LogP contribution in [0, 0.1) is 6.92 Å². The summed E-state index contributed by atoms with van der Waals surface area (Å²) in [6.07, 6.45) is -0.750. The molecule has 2 amide bonds. The minimum Gasteiger partial charge on any atom is -0.453 e. The molecule has 1 aromatic rings. The lowest BCUT2D eigenvalue weighted by atomic mass is 10.2. The lowest BCUT2D eigenvalue weighted by Crippen LogP contribution is -2.31. The maximum Gasteiger partial charge on any atom is 0.413 e. The zero-order valence-electron chi connectivity index (χ0n) is 9.65. The Morgan fingerprint density at radius 3 is 2.82 bits per heavy atom. The standard InChI is InChI=1S/C11H14N2O3S/c1-7-8(12)4-3-5-9(7)17-6-10(14)13-11(15)16-2/h3-5H,6,12H2,1-2H3,(H,13,14,15). The average Bonchev–Trinajstić information content (AvgIpc) is 2.31. The highest BCUT2D eigenvalue weighted by molar-refractivity contribution is 8.00. The first-order chi connectivity index (χ1) is 8.04. The number of ether oxygens (including phenoxy) is 1. The number of alkyl carbamates (subject to hydrolysis) is 1. The Hall–Kier alpha value is -1.69. The number of nitrogens with one attached hydrogen (secondary N) is 1. The maximum absolute atomic E-state index is 11.3. The summed E-state index contributed by atoms with van der Waals surface area (Å²) < 4.78 is 4.32. The monoisotopic (exact) mass is 254 g/mol. The van der Waals surface area contributed by atoms with Crippen molar-refractivity contribution in [2.45, 2.75) is 11.8 Å². The molecule has 0 fully saturated rings. The van der Waals surface area contributed by atoms with E-state index in [1.807, 2.05) is 19.1 Å². The van der Waals surface area contributed by atoms with E-state index in [4.69, 9.17) is 5.73 Å². The number of nitrogen functional groups attached to an aromatic ring is 1. The number of amides is 2. The quantitative estimate of drug-likeness (QED) is 0.632. The third kappa shape index (κ3) is 3.99. The van der Waals surface area contributed by atoms with Crippen LogP contribution in [0.4, 0.5) is 10.5 Å². The molecule has 17 heavy (non-hydrogen) atoms. The van der Waals surface area contributed by atoms with Crippen LogP contribution in [-0.4, -0.2) is 24.9 Å². The molecule has 0 spiro atoms. The van der Waals surface area contributed by atoms with Crippen molar-refractivity contribution in [3.05, 3.63) is 23.8 Å². The Labute approximate surface area is 104 Å². The van der Waals surface area contributed by atoms with Crippen LogP contribution < -0.4 is 11.1 Å². The number of carbonyl (C=O) groups excluding carboxylic acids is 2. The van der Waals surface area contributed by atoms with Crippen molar-refractivity contribution in [2.75, 3.05) is 18.6 Å². The molecule has 0 aliphatic rings. The molecule has 92 valence electrons. The zero-order valence-corrected chi connectivity index (χ0v) is 10.5. The van der Waals surface area contributed by atoms with Crippen molar-refractivity contribution in [3.63, 3.8) is 0 Å². The largest absolute Gasteiger partial charge is 0.453 e. The third-order valence-electron chi connectivity index (χ3n) is 2.11. The molecule has 0 radical (unpaired) electrons. The normalized spacial score (nSPS) is 9.76. The molecule has 0 aliphatic heterocycles. The van der Waals surface area contributed by atoms with E-state index >= 15 is 0 Å². The van der Waals surface area contributed by atoms with E-state index in [0.717, 1.165) is 10.5 Å². The van der Waals surface area contributed by atoms with Crippen molar-refractivity contribution in [1.29, 1.82) is 0 Å². The van der Waals surface area contributed by atoms with Gasteiger partial charge in [0.25, 0.3) is 0 Å². The van der Waals surface area contributed by atoms with Gasteiger partial charge in [0.1, 0.15) is 0 Å². The molecule has 5 nitrogen and oxygen atoms in total. The van der Waals surface area contributed by atoms with Gasteiger partial charge >= 0.3 is 6.09 Å². The highest BCUT2D eigenvalue weighted by Crippen LogP contribution is 2.25. The lowest BCUT2D eigenvalue weighted by Gasteiger charge is -2.07. The molecule has 1 rings (SSSR count). The number of rotatable bonds is 3. The van der Waals surface area contributed by atoms with Crippen LogP contribution in [0.5, 0.6) is 0 Å². The summed E-state index contributed by atoms with van der Waals surface area (Å²) in [5.41, 5.74) is 7.36. The van der Waals surface area contributed by atoms with Crippen molar-refractivity contribution in [3.8, 4) is 0 Å². The van der Waals surface area contributed by atoms with Gasteiger partial charge in [-0.15, -0.1) is 11.8 Å². The highest BCUT2D eigenvalue weighted by Gasteiger charge is 2.09. The molecule has 3 N–H and O–H groups in total. The molecule has 0 saturated heterocycles. The number of nitrogens with two attached hydrogens (primary N) is 1. The van der Waals surface area contributed by atoms with Gasteiger partial charge in [0.05, 0.1) is 12.9 Å². The summed E-state index contributed by atoms with van der Waals surface area (Å²) in [4.78, 5) is 23.0. The number of imide groups is 1. The first-order valence-corrected chi connectivity index (χ1v) is 5.89. The highest BCUT2D eigenvalue weighted by atomic mass is 32.2. The van der Waals surface area contributed by atoms with Gasteiger partial charge in [0.2, 0.25) is 5.91 Å². The Kier molecular flexibility index (Phi) is 4.84. The molecule has 6 heteroatoms. The molecule has 0 bridgehead atoms. The summed E-state index contributed by atoms with van der Waals surface area (Å²) in [6, 6.07) is 5.50. The van der Waals surface area contributed by atoms with Crippen molar-refractivity contribution in [1.82, 2.24) is 5.32 Å². The minimum atomic E-state index is -0.750. The Morgan fingerprint density at radius 2 is 2.18 bits per heavy atom. The van der Waals surface area contributed by atoms with Crippen LogP contribution in [-0.2, 0) is 9.53 Å². The first kappa shape index (κ1) is 13.4. The third-order valence-corrected chi connectivity index (χ3v) is 3.27. The summed E-state index contributed by atoms with van der Waals surface area (Å²) >= 11 is 1.32. The summed E-state index contributed by atoms with van der Waals surface area (Å²) in [6.45, 7) is 1.88. The summed E-state index contributed by atoms with van der Waals surface area (Å²) in [5, 5.41) is 2.08. The molecular formula is C11H14N2O3S. The fourth-order valence-corrected chi connectivity index (χ4v) is 2.00. The van der Waals surface area contributed by atoms with Gasteiger partial charge in [-0.05, 0) is 24.6 Å². The van der Waals surface area contributed by atoms with E-state index in [1.54, 1.807) is 6.07 Å². The van der Waals surface area contributed by atoms with Crippen molar-refractivity contribution >= 4 is 29.4 Å². The topological polar surface area (TPSA) is 81.4 Å². The van der Waals surface area contributed by atoms with E-state index in [2.05, 4.69) is 10.1 Å². The predicted octanol–water partition coefficient (Wildman–Crippen LogP) is 1.55. The summed E-state index contributed by atoms with van der Waals surface area (Å²) in [5.74, 6) is -0.261. The number of thioether (sulfide) groups is 1. The first-order valence-electron chi connectivity index (χ1n) is 4.90. The van der Waals surface area contributed by atoms with E-state index in [-0.39, 0.29) is 5.75 Å². The number of anilines is 1. The zero-order chi connectivity index (χ0) is 12.8. The van der Waals surface area contributed by atoms with Crippen LogP contribution in [0.2, 0.25) is 0 Å². The smallest absolute Gasteiger partial charge is 0.413 e. The maximum atomic E-state index is 11.3. The predicted molar refractivity (Wildman–Crippen MR) is 66.9 cm³/mol. The van der Waals surface area contributed by atoms with Gasteiger partial charge in [0.15, 0.2) is 0 Å². The molecule has 0 heterocycles. The van der Waals surface area contributed by atoms with Crippen LogP contribution in [0.15, 0.2) is 23.1 Å². The fourth-order valence-electron chi connectivity index (χ4n) is 1.13. The van der Waals surface area contributed by atoms with Gasteiger partial charge in [-0.2, -0.15) is 0 Å². The Bertz CT molecular complexity index is 435. The fraction of sp³-hybridized carbons (Fsp3) is 0.273. The van der Waals surface area contributed by atoms with Gasteiger partial charge in [-0.25, -0.2) is 4.79 Å². The second-order valence-electron chi connectivity index (χ2n) is 3.30. The van der Waals surface area contributed by atoms with Gasteiger partial charge in [-0.3, -0.25) is 10.1 Å². The Balaban J connectivity index is 2.53. The number of benzene rings is 1. The van der Waals surface area contributed by atoms with Crippen LogP contribution >= 0.6 is 11.8 Å². The number of methoxy groups -OCH3 is 1. The molecule has 0 aromatic heterocycles. The van der Waals surface area contributed by atoms with Gasteiger partial charge in [0, 0.05) is 10.6 Å². The van der Waals surface area contributed by atoms with Crippen LogP contribution in [0.25, 0.3) is 0 Å². The van der Waals surface area contributed by atoms with Crippen molar-refractivity contribution in [2.24, 2.45) is 0 Å². The SMILES string of the molecule is COC(=O)NC(=O)CSc1cccc(N)c1C. The van der Waals surface area contributed by atoms with Gasteiger partial charge in [-0.1, -0.05) is 6.07 Å². The van der Waals surface area contributed by atoms with E-state index < -0.39 is 12.0 Å². The van der Waals surface area contributed by atoms with E-state index in [9.17, 15) is 9.59 Å².